The van der Waals surface area contributed by atoms with Gasteiger partial charge in [-0.05, 0) is 38.9 Å². The first kappa shape index (κ1) is 8.48. The number of aliphatic hydroxyl groups excluding tert-OH is 1. The second-order valence-electron chi connectivity index (χ2n) is 3.92. The van der Waals surface area contributed by atoms with Crippen molar-refractivity contribution in [3.8, 4) is 0 Å². The van der Waals surface area contributed by atoms with Crippen LogP contribution in [-0.2, 0) is 0 Å². The van der Waals surface area contributed by atoms with Crippen LogP contribution in [0.1, 0.15) is 19.3 Å². The van der Waals surface area contributed by atoms with E-state index in [0.29, 0.717) is 6.04 Å². The normalized spacial score (nSPS) is 33.2. The Hall–Kier alpha value is -0.120. The van der Waals surface area contributed by atoms with E-state index in [4.69, 9.17) is 0 Å². The summed E-state index contributed by atoms with van der Waals surface area (Å²) >= 11 is 0. The molecule has 2 unspecified atom stereocenters. The van der Waals surface area contributed by atoms with Gasteiger partial charge in [0.25, 0.3) is 0 Å². The first-order valence-electron chi connectivity index (χ1n) is 5.00. The third-order valence-corrected chi connectivity index (χ3v) is 2.97. The van der Waals surface area contributed by atoms with Crippen molar-refractivity contribution in [2.45, 2.75) is 31.4 Å². The predicted molar refractivity (Wildman–Crippen MR) is 48.1 cm³/mol. The molecule has 0 saturated carbocycles. The average molecular weight is 170 g/mol. The van der Waals surface area contributed by atoms with Crippen LogP contribution in [0.25, 0.3) is 0 Å². The zero-order chi connectivity index (χ0) is 8.39. The van der Waals surface area contributed by atoms with Crippen molar-refractivity contribution in [2.24, 2.45) is 0 Å². The van der Waals surface area contributed by atoms with Gasteiger partial charge >= 0.3 is 0 Å². The second-order valence-corrected chi connectivity index (χ2v) is 3.92. The molecule has 0 aromatic rings. The minimum Gasteiger partial charge on any atom is -0.390 e. The Morgan fingerprint density at radius 2 is 2.08 bits per heavy atom. The molecule has 0 spiro atoms. The van der Waals surface area contributed by atoms with Crippen molar-refractivity contribution in [3.63, 3.8) is 0 Å². The molecule has 0 aliphatic carbocycles. The minimum absolute atomic E-state index is 0.142. The van der Waals surface area contributed by atoms with Crippen LogP contribution in [0, 0.1) is 0 Å². The van der Waals surface area contributed by atoms with E-state index in [1.807, 2.05) is 0 Å². The van der Waals surface area contributed by atoms with Crippen molar-refractivity contribution >= 4 is 0 Å². The summed E-state index contributed by atoms with van der Waals surface area (Å²) in [5, 5.41) is 13.0. The summed E-state index contributed by atoms with van der Waals surface area (Å²) in [5.41, 5.74) is 0. The monoisotopic (exact) mass is 170 g/mol. The third-order valence-electron chi connectivity index (χ3n) is 2.97. The van der Waals surface area contributed by atoms with Gasteiger partial charge in [0.15, 0.2) is 0 Å². The van der Waals surface area contributed by atoms with Crippen LogP contribution < -0.4 is 5.32 Å². The van der Waals surface area contributed by atoms with Crippen LogP contribution >= 0.6 is 0 Å². The number of β-amino-alcohol motifs (C(OH)–C–C–N with tert-alkyl or cyclic N) is 1. The van der Waals surface area contributed by atoms with Crippen molar-refractivity contribution in [2.75, 3.05) is 26.2 Å². The first-order valence-corrected chi connectivity index (χ1v) is 5.00. The van der Waals surface area contributed by atoms with Crippen molar-refractivity contribution in [1.29, 1.82) is 0 Å². The van der Waals surface area contributed by atoms with E-state index >= 15 is 0 Å². The largest absolute Gasteiger partial charge is 0.390 e. The van der Waals surface area contributed by atoms with Gasteiger partial charge < -0.3 is 15.3 Å². The summed E-state index contributed by atoms with van der Waals surface area (Å²) in [7, 11) is 0. The van der Waals surface area contributed by atoms with Crippen LogP contribution in [0.4, 0.5) is 0 Å². The minimum atomic E-state index is -0.142. The number of aliphatic hydroxyl groups is 1. The lowest BCUT2D eigenvalue weighted by molar-refractivity contribution is 0.0640. The predicted octanol–water partition coefficient (Wildman–Crippen LogP) is -0.195. The molecule has 2 N–H and O–H groups in total. The Labute approximate surface area is 73.8 Å². The van der Waals surface area contributed by atoms with E-state index in [0.717, 1.165) is 19.5 Å². The maximum atomic E-state index is 9.73. The van der Waals surface area contributed by atoms with Crippen LogP contribution in [0.3, 0.4) is 0 Å². The molecule has 0 radical (unpaired) electrons. The Morgan fingerprint density at radius 3 is 2.58 bits per heavy atom. The molecular weight excluding hydrogens is 152 g/mol. The quantitative estimate of drug-likeness (QED) is 0.616. The fourth-order valence-corrected chi connectivity index (χ4v) is 2.00. The summed E-state index contributed by atoms with van der Waals surface area (Å²) in [4.78, 5) is 2.37. The summed E-state index contributed by atoms with van der Waals surface area (Å²) in [6.07, 6.45) is 3.63. The Balaban J connectivity index is 1.69. The highest BCUT2D eigenvalue weighted by Crippen LogP contribution is 2.12. The SMILES string of the molecule is OC(CN1CCCC1)C1CCN1. The molecule has 2 aliphatic rings. The number of hydrogen-bond acceptors (Lipinski definition) is 3. The summed E-state index contributed by atoms with van der Waals surface area (Å²) in [5.74, 6) is 0. The fourth-order valence-electron chi connectivity index (χ4n) is 2.00. The molecule has 12 heavy (non-hydrogen) atoms. The number of nitrogens with zero attached hydrogens (tertiary/aromatic N) is 1. The standard InChI is InChI=1S/C9H18N2O/c12-9(8-3-4-10-8)7-11-5-1-2-6-11/h8-10,12H,1-7H2. The molecule has 0 aromatic heterocycles. The molecule has 0 aromatic carbocycles. The van der Waals surface area contributed by atoms with Crippen LogP contribution in [-0.4, -0.2) is 48.3 Å². The molecule has 70 valence electrons. The summed E-state index contributed by atoms with van der Waals surface area (Å²) in [6.45, 7) is 4.33. The van der Waals surface area contributed by atoms with Gasteiger partial charge in [-0.3, -0.25) is 0 Å². The van der Waals surface area contributed by atoms with E-state index in [1.165, 1.54) is 25.9 Å². The van der Waals surface area contributed by atoms with Gasteiger partial charge in [0, 0.05) is 12.6 Å². The lowest BCUT2D eigenvalue weighted by Crippen LogP contribution is -2.54. The third kappa shape index (κ3) is 1.79. The highest BCUT2D eigenvalue weighted by atomic mass is 16.3. The van der Waals surface area contributed by atoms with Gasteiger partial charge in [-0.2, -0.15) is 0 Å². The van der Waals surface area contributed by atoms with E-state index in [2.05, 4.69) is 10.2 Å². The molecule has 2 atom stereocenters. The van der Waals surface area contributed by atoms with E-state index in [1.54, 1.807) is 0 Å². The number of rotatable bonds is 3. The van der Waals surface area contributed by atoms with Crippen molar-refractivity contribution in [3.05, 3.63) is 0 Å². The molecule has 3 nitrogen and oxygen atoms in total. The van der Waals surface area contributed by atoms with Gasteiger partial charge in [0.1, 0.15) is 0 Å². The molecule has 0 amide bonds. The molecule has 2 rings (SSSR count). The average Bonchev–Trinajstić information content (AvgIpc) is 2.34. The number of nitrogens with one attached hydrogen (secondary N) is 1. The smallest absolute Gasteiger partial charge is 0.0820 e. The highest BCUT2D eigenvalue weighted by molar-refractivity contribution is 4.86. The molecule has 0 bridgehead atoms. The highest BCUT2D eigenvalue weighted by Gasteiger charge is 2.27. The summed E-state index contributed by atoms with van der Waals surface area (Å²) in [6, 6.07) is 0.380. The summed E-state index contributed by atoms with van der Waals surface area (Å²) < 4.78 is 0. The molecular formula is C9H18N2O. The maximum absolute atomic E-state index is 9.73. The van der Waals surface area contributed by atoms with Gasteiger partial charge in [-0.25, -0.2) is 0 Å². The Bertz CT molecular complexity index is 141. The van der Waals surface area contributed by atoms with Gasteiger partial charge in [-0.1, -0.05) is 0 Å². The van der Waals surface area contributed by atoms with Gasteiger partial charge in [0.05, 0.1) is 6.10 Å². The Morgan fingerprint density at radius 1 is 1.42 bits per heavy atom. The zero-order valence-corrected chi connectivity index (χ0v) is 7.50. The topological polar surface area (TPSA) is 35.5 Å². The van der Waals surface area contributed by atoms with Crippen LogP contribution in [0.15, 0.2) is 0 Å². The van der Waals surface area contributed by atoms with Gasteiger partial charge in [-0.15, -0.1) is 0 Å². The Kier molecular flexibility index (Phi) is 2.63. The van der Waals surface area contributed by atoms with Gasteiger partial charge in [0.2, 0.25) is 0 Å². The molecule has 3 heteroatoms. The molecule has 2 aliphatic heterocycles. The second kappa shape index (κ2) is 3.73. The zero-order valence-electron chi connectivity index (χ0n) is 7.50. The van der Waals surface area contributed by atoms with Crippen molar-refractivity contribution < 1.29 is 5.11 Å². The fraction of sp³-hybridized carbons (Fsp3) is 1.00. The number of hydrogen-bond donors (Lipinski definition) is 2. The number of likely N-dealkylation sites (tertiary alicyclic amines) is 1. The van der Waals surface area contributed by atoms with Crippen LogP contribution in [0.2, 0.25) is 0 Å². The van der Waals surface area contributed by atoms with E-state index < -0.39 is 0 Å². The molecule has 2 saturated heterocycles. The lowest BCUT2D eigenvalue weighted by atomic mass is 10.0. The molecule has 2 heterocycles. The lowest BCUT2D eigenvalue weighted by Gasteiger charge is -2.34. The van der Waals surface area contributed by atoms with E-state index in [-0.39, 0.29) is 6.10 Å². The van der Waals surface area contributed by atoms with Crippen molar-refractivity contribution in [1.82, 2.24) is 10.2 Å². The molecule has 2 fully saturated rings. The maximum Gasteiger partial charge on any atom is 0.0820 e. The first-order chi connectivity index (χ1) is 5.86. The van der Waals surface area contributed by atoms with Crippen LogP contribution in [0.5, 0.6) is 0 Å². The van der Waals surface area contributed by atoms with E-state index in [9.17, 15) is 5.11 Å².